The summed E-state index contributed by atoms with van der Waals surface area (Å²) in [5.41, 5.74) is 3.65. The molecule has 0 radical (unpaired) electrons. The molecule has 36 heavy (non-hydrogen) atoms. The fraction of sp³-hybridized carbons (Fsp3) is 0.259. The highest BCUT2D eigenvalue weighted by Gasteiger charge is 2.70. The van der Waals surface area contributed by atoms with Gasteiger partial charge in [0.05, 0.1) is 11.1 Å². The molecule has 5 aromatic rings. The molecule has 0 fully saturated rings. The molecule has 0 amide bonds. The fourth-order valence-corrected chi connectivity index (χ4v) is 5.61. The summed E-state index contributed by atoms with van der Waals surface area (Å²) >= 11 is 0. The molecule has 0 aliphatic carbocycles. The lowest BCUT2D eigenvalue weighted by Gasteiger charge is -2.19. The van der Waals surface area contributed by atoms with Gasteiger partial charge in [0.15, 0.2) is 23.8 Å². The lowest BCUT2D eigenvalue weighted by Crippen LogP contribution is -2.77. The molecule has 6 nitrogen and oxygen atoms in total. The normalized spacial score (nSPS) is 18.0. The van der Waals surface area contributed by atoms with Gasteiger partial charge in [0.2, 0.25) is 11.4 Å². The molecule has 0 saturated heterocycles. The van der Waals surface area contributed by atoms with E-state index in [-0.39, 0.29) is 5.41 Å². The van der Waals surface area contributed by atoms with Gasteiger partial charge in [0.1, 0.15) is 5.69 Å². The minimum atomic E-state index is -4.58. The molecular weight excluding hydrogens is 465 g/mol. The van der Waals surface area contributed by atoms with Crippen LogP contribution in [-0.4, -0.2) is 19.6 Å². The van der Waals surface area contributed by atoms with E-state index in [1.165, 1.54) is 4.68 Å². The van der Waals surface area contributed by atoms with Crippen LogP contribution in [0.15, 0.2) is 67.0 Å². The summed E-state index contributed by atoms with van der Waals surface area (Å²) in [6.45, 7) is 8.31. The number of nitrogens with zero attached hydrogens (tertiary/aromatic N) is 6. The molecule has 7 rings (SSSR count). The van der Waals surface area contributed by atoms with E-state index in [0.29, 0.717) is 11.4 Å². The van der Waals surface area contributed by atoms with E-state index in [9.17, 15) is 13.2 Å². The van der Waals surface area contributed by atoms with E-state index in [2.05, 4.69) is 38.0 Å². The molecule has 6 heterocycles. The van der Waals surface area contributed by atoms with Crippen molar-refractivity contribution >= 4 is 10.8 Å². The molecule has 2 aliphatic heterocycles. The largest absolute Gasteiger partial charge is 0.583 e. The number of aryl methyl sites for hydroxylation is 1. The van der Waals surface area contributed by atoms with Gasteiger partial charge in [-0.15, -0.1) is 9.36 Å². The maximum absolute atomic E-state index is 14.0. The Hall–Kier alpha value is -4.01. The Morgan fingerprint density at radius 2 is 1.61 bits per heavy atom. The molecule has 1 spiro atoms. The molecule has 1 unspecified atom stereocenters. The van der Waals surface area contributed by atoms with Gasteiger partial charge in [-0.2, -0.15) is 23.4 Å². The zero-order valence-corrected chi connectivity index (χ0v) is 20.2. The monoisotopic (exact) mass is 488 g/mol. The van der Waals surface area contributed by atoms with Crippen LogP contribution in [0.25, 0.3) is 33.5 Å². The first-order valence-corrected chi connectivity index (χ1v) is 11.8. The molecule has 0 saturated carbocycles. The van der Waals surface area contributed by atoms with Gasteiger partial charge in [0, 0.05) is 24.3 Å². The smallest absolute Gasteiger partial charge is 0.164 e. The van der Waals surface area contributed by atoms with Gasteiger partial charge in [-0.1, -0.05) is 42.0 Å². The van der Waals surface area contributed by atoms with E-state index in [0.717, 1.165) is 39.5 Å². The Morgan fingerprint density at radius 3 is 2.36 bits per heavy atom. The van der Waals surface area contributed by atoms with Gasteiger partial charge in [-0.3, -0.25) is 0 Å². The zero-order chi connectivity index (χ0) is 25.2. The number of halogens is 3. The number of hydrogen-bond donors (Lipinski definition) is 0. The number of alkyl halides is 3. The lowest BCUT2D eigenvalue weighted by molar-refractivity contribution is -0.990. The second-order valence-electron chi connectivity index (χ2n) is 10.5. The van der Waals surface area contributed by atoms with Crippen molar-refractivity contribution in [2.75, 3.05) is 0 Å². The second-order valence-corrected chi connectivity index (χ2v) is 10.5. The predicted octanol–water partition coefficient (Wildman–Crippen LogP) is 4.61. The SMILES string of the molecule is Cc1cc2n(n1)C1(n3nc(C(F)(F)F)cc3-c3c4ccc(C(C)(C)C)cc4cc[n+]31)[n+]1ccccc1-2. The molecular formula is C27H23F3N6+2. The van der Waals surface area contributed by atoms with Crippen LogP contribution in [0, 0.1) is 6.92 Å². The van der Waals surface area contributed by atoms with Crippen LogP contribution >= 0.6 is 0 Å². The third kappa shape index (κ3) is 2.47. The van der Waals surface area contributed by atoms with Gasteiger partial charge >= 0.3 is 12.1 Å². The molecule has 9 heteroatoms. The number of hydrogen-bond acceptors (Lipinski definition) is 2. The number of pyridine rings is 2. The topological polar surface area (TPSA) is 43.4 Å². The highest BCUT2D eigenvalue weighted by Crippen LogP contribution is 2.42. The third-order valence-electron chi connectivity index (χ3n) is 7.23. The van der Waals surface area contributed by atoms with Crippen molar-refractivity contribution in [2.24, 2.45) is 0 Å². The average Bonchev–Trinajstić information content (AvgIpc) is 3.53. The number of rotatable bonds is 0. The molecule has 1 aromatic carbocycles. The number of aromatic nitrogens is 6. The van der Waals surface area contributed by atoms with Crippen molar-refractivity contribution in [3.05, 3.63) is 83.9 Å². The molecule has 2 aliphatic rings. The maximum Gasteiger partial charge on any atom is 0.583 e. The Labute approximate surface area is 204 Å². The van der Waals surface area contributed by atoms with Crippen molar-refractivity contribution in [1.29, 1.82) is 0 Å². The minimum absolute atomic E-state index is 0.0610. The van der Waals surface area contributed by atoms with Crippen LogP contribution in [-0.2, 0) is 17.5 Å². The highest BCUT2D eigenvalue weighted by molar-refractivity contribution is 5.93. The first kappa shape index (κ1) is 21.3. The summed E-state index contributed by atoms with van der Waals surface area (Å²) in [6.07, 6.45) is -0.784. The van der Waals surface area contributed by atoms with Crippen molar-refractivity contribution in [3.63, 3.8) is 0 Å². The fourth-order valence-electron chi connectivity index (χ4n) is 5.61. The molecule has 0 N–H and O–H groups in total. The van der Waals surface area contributed by atoms with Gasteiger partial charge < -0.3 is 0 Å². The summed E-state index contributed by atoms with van der Waals surface area (Å²) < 4.78 is 49.1. The van der Waals surface area contributed by atoms with Crippen molar-refractivity contribution in [3.8, 4) is 22.8 Å². The van der Waals surface area contributed by atoms with E-state index in [1.807, 2.05) is 64.8 Å². The Balaban J connectivity index is 1.65. The van der Waals surface area contributed by atoms with Crippen LogP contribution in [0.4, 0.5) is 13.2 Å². The standard InChI is InChI=1S/C27H23F3N6/c1-16-13-21-20-7-5-6-11-33(20)27(35(21)31-16)34-12-10-17-14-18(25(2,3)4)8-9-19(17)24(34)22-15-23(26(28,29)30)32-36(22)27/h5-15H,1-4H3/q+2. The van der Waals surface area contributed by atoms with Crippen LogP contribution < -0.4 is 9.13 Å². The summed E-state index contributed by atoms with van der Waals surface area (Å²) in [7, 11) is 0. The first-order chi connectivity index (χ1) is 17.0. The summed E-state index contributed by atoms with van der Waals surface area (Å²) in [4.78, 5) is 0. The molecule has 1 atom stereocenters. The maximum atomic E-state index is 14.0. The first-order valence-electron chi connectivity index (χ1n) is 11.8. The molecule has 180 valence electrons. The van der Waals surface area contributed by atoms with E-state index in [4.69, 9.17) is 5.10 Å². The van der Waals surface area contributed by atoms with Crippen molar-refractivity contribution < 1.29 is 22.3 Å². The molecule has 4 aromatic heterocycles. The van der Waals surface area contributed by atoms with Crippen molar-refractivity contribution in [2.45, 2.75) is 45.2 Å². The number of benzene rings is 1. The Bertz CT molecular complexity index is 1740. The summed E-state index contributed by atoms with van der Waals surface area (Å²) in [6, 6.07) is 17.0. The van der Waals surface area contributed by atoms with Crippen LogP contribution in [0.5, 0.6) is 0 Å². The minimum Gasteiger partial charge on any atom is -0.164 e. The Morgan fingerprint density at radius 1 is 0.833 bits per heavy atom. The van der Waals surface area contributed by atoms with Crippen molar-refractivity contribution in [1.82, 2.24) is 19.6 Å². The van der Waals surface area contributed by atoms with Crippen LogP contribution in [0.3, 0.4) is 0 Å². The average molecular weight is 489 g/mol. The van der Waals surface area contributed by atoms with E-state index >= 15 is 0 Å². The third-order valence-corrected chi connectivity index (χ3v) is 7.23. The quantitative estimate of drug-likeness (QED) is 0.293. The van der Waals surface area contributed by atoms with E-state index < -0.39 is 17.8 Å². The van der Waals surface area contributed by atoms with E-state index in [1.54, 1.807) is 4.68 Å². The van der Waals surface area contributed by atoms with Gasteiger partial charge in [-0.05, 0) is 41.5 Å². The number of fused-ring (bicyclic) bond motifs is 12. The van der Waals surface area contributed by atoms with Gasteiger partial charge in [-0.25, -0.2) is 0 Å². The summed E-state index contributed by atoms with van der Waals surface area (Å²) in [5, 5.41) is 10.8. The Kier molecular flexibility index (Phi) is 3.78. The highest BCUT2D eigenvalue weighted by atomic mass is 19.4. The second kappa shape index (κ2) is 6.40. The zero-order valence-electron chi connectivity index (χ0n) is 20.2. The lowest BCUT2D eigenvalue weighted by atomic mass is 9.86. The summed E-state index contributed by atoms with van der Waals surface area (Å²) in [5.74, 6) is -1.30. The molecule has 0 bridgehead atoms. The van der Waals surface area contributed by atoms with Crippen LogP contribution in [0.2, 0.25) is 0 Å². The predicted molar refractivity (Wildman–Crippen MR) is 126 cm³/mol. The van der Waals surface area contributed by atoms with Gasteiger partial charge in [0.25, 0.3) is 0 Å². The van der Waals surface area contributed by atoms with Crippen LogP contribution in [0.1, 0.15) is 37.7 Å².